The standard InChI is InChI=1S/C23H18N2O2/c1-16-9-5-8-14-20(16)25-22(15-21(26)17-10-3-2-4-11-17)24-19-13-7-6-12-18(19)23(25)27/h2-15,26H,1H3/b21-15+. The van der Waals surface area contributed by atoms with Crippen LogP contribution in [0.2, 0.25) is 0 Å². The number of hydrogen-bond donors (Lipinski definition) is 1. The average molecular weight is 354 g/mol. The lowest BCUT2D eigenvalue weighted by atomic mass is 10.1. The number of fused-ring (bicyclic) bond motifs is 1. The highest BCUT2D eigenvalue weighted by atomic mass is 16.3. The molecule has 0 unspecified atom stereocenters. The molecule has 0 aliphatic heterocycles. The van der Waals surface area contributed by atoms with Gasteiger partial charge in [0.25, 0.3) is 5.56 Å². The summed E-state index contributed by atoms with van der Waals surface area (Å²) in [4.78, 5) is 17.9. The van der Waals surface area contributed by atoms with Gasteiger partial charge in [0.1, 0.15) is 11.6 Å². The number of hydrogen-bond acceptors (Lipinski definition) is 3. The van der Waals surface area contributed by atoms with Crippen LogP contribution in [0.4, 0.5) is 0 Å². The van der Waals surface area contributed by atoms with Gasteiger partial charge in [-0.1, -0.05) is 60.7 Å². The quantitative estimate of drug-likeness (QED) is 0.540. The second kappa shape index (κ2) is 6.92. The van der Waals surface area contributed by atoms with Crippen LogP contribution in [0, 0.1) is 6.92 Å². The van der Waals surface area contributed by atoms with Crippen molar-refractivity contribution in [1.29, 1.82) is 0 Å². The molecule has 0 saturated heterocycles. The van der Waals surface area contributed by atoms with Crippen molar-refractivity contribution in [3.05, 3.63) is 106 Å². The van der Waals surface area contributed by atoms with E-state index >= 15 is 0 Å². The van der Waals surface area contributed by atoms with Gasteiger partial charge >= 0.3 is 0 Å². The van der Waals surface area contributed by atoms with Crippen molar-refractivity contribution < 1.29 is 5.11 Å². The lowest BCUT2D eigenvalue weighted by molar-refractivity contribution is 0.515. The first-order valence-corrected chi connectivity index (χ1v) is 8.69. The maximum Gasteiger partial charge on any atom is 0.266 e. The molecule has 0 aliphatic rings. The van der Waals surface area contributed by atoms with Gasteiger partial charge in [0.15, 0.2) is 0 Å². The van der Waals surface area contributed by atoms with Crippen molar-refractivity contribution >= 4 is 22.7 Å². The van der Waals surface area contributed by atoms with E-state index in [-0.39, 0.29) is 11.3 Å². The van der Waals surface area contributed by atoms with E-state index in [9.17, 15) is 9.90 Å². The third-order valence-electron chi connectivity index (χ3n) is 4.49. The number of aryl methyl sites for hydroxylation is 1. The van der Waals surface area contributed by atoms with Crippen molar-refractivity contribution in [2.45, 2.75) is 6.92 Å². The van der Waals surface area contributed by atoms with Crippen molar-refractivity contribution in [3.8, 4) is 5.69 Å². The minimum absolute atomic E-state index is 0.0557. The third-order valence-corrected chi connectivity index (χ3v) is 4.49. The Labute approximate surface area is 156 Å². The van der Waals surface area contributed by atoms with Crippen LogP contribution in [0.25, 0.3) is 28.4 Å². The molecular weight excluding hydrogens is 336 g/mol. The number of para-hydroxylation sites is 2. The summed E-state index contributed by atoms with van der Waals surface area (Å²) in [6, 6.07) is 24.1. The van der Waals surface area contributed by atoms with Crippen LogP contribution >= 0.6 is 0 Å². The lowest BCUT2D eigenvalue weighted by Gasteiger charge is -2.14. The van der Waals surface area contributed by atoms with E-state index in [1.54, 1.807) is 16.7 Å². The van der Waals surface area contributed by atoms with Crippen LogP contribution in [0.1, 0.15) is 17.0 Å². The zero-order valence-corrected chi connectivity index (χ0v) is 14.8. The molecule has 4 nitrogen and oxygen atoms in total. The van der Waals surface area contributed by atoms with Crippen LogP contribution in [0.15, 0.2) is 83.7 Å². The lowest BCUT2D eigenvalue weighted by Crippen LogP contribution is -2.23. The predicted molar refractivity (Wildman–Crippen MR) is 109 cm³/mol. The van der Waals surface area contributed by atoms with Gasteiger partial charge in [-0.05, 0) is 30.7 Å². The molecule has 0 spiro atoms. The summed E-state index contributed by atoms with van der Waals surface area (Å²) in [6.45, 7) is 1.95. The number of aliphatic hydroxyl groups excluding tert-OH is 1. The number of benzene rings is 3. The first-order valence-electron chi connectivity index (χ1n) is 8.69. The van der Waals surface area contributed by atoms with E-state index in [0.29, 0.717) is 22.3 Å². The summed E-state index contributed by atoms with van der Waals surface area (Å²) in [7, 11) is 0. The second-order valence-corrected chi connectivity index (χ2v) is 6.31. The fourth-order valence-electron chi connectivity index (χ4n) is 3.11. The summed E-state index contributed by atoms with van der Waals surface area (Å²) in [6.07, 6.45) is 1.54. The van der Waals surface area contributed by atoms with Gasteiger partial charge < -0.3 is 5.11 Å². The van der Waals surface area contributed by atoms with E-state index in [1.165, 1.54) is 6.08 Å². The molecule has 3 aromatic carbocycles. The Morgan fingerprint density at radius 3 is 2.37 bits per heavy atom. The smallest absolute Gasteiger partial charge is 0.266 e. The van der Waals surface area contributed by atoms with Gasteiger partial charge in [-0.25, -0.2) is 4.98 Å². The van der Waals surface area contributed by atoms with Crippen molar-refractivity contribution in [1.82, 2.24) is 9.55 Å². The zero-order valence-electron chi connectivity index (χ0n) is 14.8. The van der Waals surface area contributed by atoms with E-state index in [2.05, 4.69) is 4.98 Å². The fourth-order valence-corrected chi connectivity index (χ4v) is 3.11. The summed E-state index contributed by atoms with van der Waals surface area (Å²) >= 11 is 0. The van der Waals surface area contributed by atoms with Gasteiger partial charge in [0.05, 0.1) is 16.6 Å². The van der Waals surface area contributed by atoms with Crippen LogP contribution in [-0.2, 0) is 0 Å². The predicted octanol–water partition coefficient (Wildman–Crippen LogP) is 4.75. The molecule has 4 aromatic rings. The molecule has 0 saturated carbocycles. The van der Waals surface area contributed by atoms with Gasteiger partial charge in [-0.3, -0.25) is 9.36 Å². The largest absolute Gasteiger partial charge is 0.507 e. The highest BCUT2D eigenvalue weighted by Crippen LogP contribution is 2.20. The Morgan fingerprint density at radius 2 is 1.59 bits per heavy atom. The molecule has 1 N–H and O–H groups in total. The molecule has 0 bridgehead atoms. The Bertz CT molecular complexity index is 1210. The Balaban J connectivity index is 2.03. The molecular formula is C23H18N2O2. The SMILES string of the molecule is Cc1ccccc1-n1c(/C=C(/O)c2ccccc2)nc2ccccc2c1=O. The zero-order chi connectivity index (χ0) is 18.8. The number of aliphatic hydroxyl groups is 1. The Kier molecular flexibility index (Phi) is 4.30. The van der Waals surface area contributed by atoms with E-state index in [0.717, 1.165) is 11.3 Å². The topological polar surface area (TPSA) is 55.1 Å². The van der Waals surface area contributed by atoms with Gasteiger partial charge in [-0.2, -0.15) is 0 Å². The Hall–Kier alpha value is -3.66. The highest BCUT2D eigenvalue weighted by molar-refractivity contribution is 5.81. The number of nitrogens with zero attached hydrogens (tertiary/aromatic N) is 2. The first-order chi connectivity index (χ1) is 13.1. The average Bonchev–Trinajstić information content (AvgIpc) is 2.70. The molecule has 1 heterocycles. The minimum atomic E-state index is -0.165. The second-order valence-electron chi connectivity index (χ2n) is 6.31. The first kappa shape index (κ1) is 16.8. The molecule has 4 heteroatoms. The van der Waals surface area contributed by atoms with E-state index < -0.39 is 0 Å². The van der Waals surface area contributed by atoms with Gasteiger partial charge in [0, 0.05) is 11.6 Å². The van der Waals surface area contributed by atoms with Crippen LogP contribution in [-0.4, -0.2) is 14.7 Å². The van der Waals surface area contributed by atoms with Gasteiger partial charge in [-0.15, -0.1) is 0 Å². The summed E-state index contributed by atoms with van der Waals surface area (Å²) < 4.78 is 1.55. The maximum atomic E-state index is 13.2. The van der Waals surface area contributed by atoms with Crippen LogP contribution in [0.5, 0.6) is 0 Å². The van der Waals surface area contributed by atoms with Crippen molar-refractivity contribution in [2.24, 2.45) is 0 Å². The molecule has 27 heavy (non-hydrogen) atoms. The fraction of sp³-hybridized carbons (Fsp3) is 0.0435. The minimum Gasteiger partial charge on any atom is -0.507 e. The van der Waals surface area contributed by atoms with Crippen LogP contribution < -0.4 is 5.56 Å². The molecule has 0 aliphatic carbocycles. The number of aromatic nitrogens is 2. The summed E-state index contributed by atoms with van der Waals surface area (Å²) in [5.74, 6) is 0.439. The maximum absolute atomic E-state index is 13.2. The molecule has 0 atom stereocenters. The normalized spacial score (nSPS) is 11.7. The third kappa shape index (κ3) is 3.13. The molecule has 0 amide bonds. The number of rotatable bonds is 3. The molecule has 0 fully saturated rings. The van der Waals surface area contributed by atoms with E-state index in [4.69, 9.17) is 0 Å². The van der Waals surface area contributed by atoms with Crippen molar-refractivity contribution in [3.63, 3.8) is 0 Å². The molecule has 4 rings (SSSR count). The molecule has 0 radical (unpaired) electrons. The highest BCUT2D eigenvalue weighted by Gasteiger charge is 2.13. The summed E-state index contributed by atoms with van der Waals surface area (Å²) in [5.41, 5.74) is 2.79. The summed E-state index contributed by atoms with van der Waals surface area (Å²) in [5, 5.41) is 11.1. The van der Waals surface area contributed by atoms with Crippen LogP contribution in [0.3, 0.4) is 0 Å². The Morgan fingerprint density at radius 1 is 0.926 bits per heavy atom. The molecule has 132 valence electrons. The van der Waals surface area contributed by atoms with Crippen molar-refractivity contribution in [2.75, 3.05) is 0 Å². The molecule has 1 aromatic heterocycles. The monoisotopic (exact) mass is 354 g/mol. The van der Waals surface area contributed by atoms with Gasteiger partial charge in [0.2, 0.25) is 0 Å². The van der Waals surface area contributed by atoms with E-state index in [1.807, 2.05) is 73.7 Å².